The van der Waals surface area contributed by atoms with E-state index >= 15 is 0 Å². The molecule has 0 unspecified atom stereocenters. The molecule has 0 fully saturated rings. The van der Waals surface area contributed by atoms with Crippen molar-refractivity contribution < 1.29 is 4.39 Å². The Morgan fingerprint density at radius 1 is 1.06 bits per heavy atom. The molecule has 2 aromatic rings. The standard InChI is InChI=1S/C13H11Br2FN2/c1-7-2-3-8(14)12(4-7)18-13-5-9(15)10(16)6-11(13)17/h2-6,18H,17H2,1H3. The summed E-state index contributed by atoms with van der Waals surface area (Å²) in [7, 11) is 0. The maximum absolute atomic E-state index is 13.3. The zero-order valence-corrected chi connectivity index (χ0v) is 12.8. The molecule has 18 heavy (non-hydrogen) atoms. The Labute approximate surface area is 122 Å². The second kappa shape index (κ2) is 5.28. The van der Waals surface area contributed by atoms with Crippen LogP contribution in [0.15, 0.2) is 39.3 Å². The highest BCUT2D eigenvalue weighted by Gasteiger charge is 2.08. The van der Waals surface area contributed by atoms with Crippen LogP contribution in [0.1, 0.15) is 5.56 Å². The summed E-state index contributed by atoms with van der Waals surface area (Å²) in [6, 6.07) is 8.85. The number of nitrogens with one attached hydrogen (secondary N) is 1. The first-order valence-corrected chi connectivity index (χ1v) is 6.83. The van der Waals surface area contributed by atoms with Crippen molar-refractivity contribution in [2.45, 2.75) is 6.92 Å². The number of hydrogen-bond donors (Lipinski definition) is 2. The van der Waals surface area contributed by atoms with Crippen LogP contribution in [0, 0.1) is 12.7 Å². The molecule has 0 amide bonds. The zero-order chi connectivity index (χ0) is 13.3. The average molecular weight is 374 g/mol. The van der Waals surface area contributed by atoms with Crippen LogP contribution in [0.4, 0.5) is 21.5 Å². The minimum atomic E-state index is -0.374. The van der Waals surface area contributed by atoms with Crippen molar-refractivity contribution in [3.8, 4) is 0 Å². The second-order valence-electron chi connectivity index (χ2n) is 3.96. The van der Waals surface area contributed by atoms with Crippen molar-refractivity contribution in [1.29, 1.82) is 0 Å². The van der Waals surface area contributed by atoms with Gasteiger partial charge >= 0.3 is 0 Å². The third-order valence-electron chi connectivity index (χ3n) is 2.48. The van der Waals surface area contributed by atoms with Crippen LogP contribution in [0.5, 0.6) is 0 Å². The zero-order valence-electron chi connectivity index (χ0n) is 9.60. The lowest BCUT2D eigenvalue weighted by Crippen LogP contribution is -1.98. The van der Waals surface area contributed by atoms with Gasteiger partial charge < -0.3 is 11.1 Å². The number of benzene rings is 2. The number of hydrogen-bond acceptors (Lipinski definition) is 2. The fourth-order valence-corrected chi connectivity index (χ4v) is 2.24. The number of anilines is 3. The Morgan fingerprint density at radius 3 is 2.50 bits per heavy atom. The Bertz CT molecular complexity index is 600. The summed E-state index contributed by atoms with van der Waals surface area (Å²) in [4.78, 5) is 0. The molecule has 5 heteroatoms. The van der Waals surface area contributed by atoms with Crippen LogP contribution < -0.4 is 11.1 Å². The summed E-state index contributed by atoms with van der Waals surface area (Å²) in [5.74, 6) is -0.374. The van der Waals surface area contributed by atoms with E-state index in [2.05, 4.69) is 37.2 Å². The first-order chi connectivity index (χ1) is 8.47. The van der Waals surface area contributed by atoms with E-state index in [1.54, 1.807) is 6.07 Å². The molecule has 2 rings (SSSR count). The first kappa shape index (κ1) is 13.4. The van der Waals surface area contributed by atoms with Gasteiger partial charge in [0.15, 0.2) is 0 Å². The molecule has 0 saturated carbocycles. The Morgan fingerprint density at radius 2 is 1.78 bits per heavy atom. The van der Waals surface area contributed by atoms with Gasteiger partial charge in [-0.05, 0) is 62.5 Å². The summed E-state index contributed by atoms with van der Waals surface area (Å²) < 4.78 is 14.6. The van der Waals surface area contributed by atoms with Gasteiger partial charge in [-0.3, -0.25) is 0 Å². The highest BCUT2D eigenvalue weighted by Crippen LogP contribution is 2.32. The molecule has 0 aliphatic rings. The minimum Gasteiger partial charge on any atom is -0.397 e. The summed E-state index contributed by atoms with van der Waals surface area (Å²) in [6.07, 6.45) is 0. The fraction of sp³-hybridized carbons (Fsp3) is 0.0769. The highest BCUT2D eigenvalue weighted by molar-refractivity contribution is 9.10. The summed E-state index contributed by atoms with van der Waals surface area (Å²) >= 11 is 6.60. The molecule has 2 nitrogen and oxygen atoms in total. The normalized spacial score (nSPS) is 10.4. The van der Waals surface area contributed by atoms with Gasteiger partial charge in [-0.2, -0.15) is 0 Å². The molecule has 0 atom stereocenters. The summed E-state index contributed by atoms with van der Waals surface area (Å²) in [5, 5.41) is 3.18. The molecular formula is C13H11Br2FN2. The van der Waals surface area contributed by atoms with Crippen molar-refractivity contribution in [3.63, 3.8) is 0 Å². The summed E-state index contributed by atoms with van der Waals surface area (Å²) in [5.41, 5.74) is 8.83. The fourth-order valence-electron chi connectivity index (χ4n) is 1.55. The molecule has 0 aliphatic heterocycles. The van der Waals surface area contributed by atoms with Crippen molar-refractivity contribution in [3.05, 3.63) is 50.7 Å². The Hall–Kier alpha value is -1.07. The van der Waals surface area contributed by atoms with Crippen molar-refractivity contribution in [2.75, 3.05) is 11.1 Å². The topological polar surface area (TPSA) is 38.0 Å². The largest absolute Gasteiger partial charge is 0.397 e. The minimum absolute atomic E-state index is 0.365. The molecular weight excluding hydrogens is 363 g/mol. The molecule has 0 saturated heterocycles. The predicted octanol–water partition coefficient (Wildman–Crippen LogP) is 4.98. The van der Waals surface area contributed by atoms with Crippen molar-refractivity contribution in [1.82, 2.24) is 0 Å². The maximum Gasteiger partial charge on any atom is 0.139 e. The number of nitrogen functional groups attached to an aromatic ring is 1. The van der Waals surface area contributed by atoms with E-state index in [1.165, 1.54) is 6.07 Å². The van der Waals surface area contributed by atoms with E-state index in [0.717, 1.165) is 15.7 Å². The van der Waals surface area contributed by atoms with Gasteiger partial charge in [-0.1, -0.05) is 6.07 Å². The lowest BCUT2D eigenvalue weighted by molar-refractivity contribution is 0.622. The molecule has 94 valence electrons. The van der Waals surface area contributed by atoms with Gasteiger partial charge in [0, 0.05) is 10.5 Å². The number of aryl methyl sites for hydroxylation is 1. The van der Waals surface area contributed by atoms with E-state index in [1.807, 2.05) is 25.1 Å². The molecule has 0 spiro atoms. The molecule has 0 bridgehead atoms. The van der Waals surface area contributed by atoms with Crippen LogP contribution in [-0.4, -0.2) is 0 Å². The number of nitrogens with two attached hydrogens (primary N) is 1. The van der Waals surface area contributed by atoms with Crippen LogP contribution in [-0.2, 0) is 0 Å². The van der Waals surface area contributed by atoms with Crippen molar-refractivity contribution >= 4 is 48.9 Å². The van der Waals surface area contributed by atoms with E-state index < -0.39 is 0 Å². The van der Waals surface area contributed by atoms with Crippen LogP contribution in [0.2, 0.25) is 0 Å². The second-order valence-corrected chi connectivity index (χ2v) is 5.67. The van der Waals surface area contributed by atoms with Crippen LogP contribution in [0.3, 0.4) is 0 Å². The van der Waals surface area contributed by atoms with Crippen LogP contribution >= 0.6 is 31.9 Å². The molecule has 0 radical (unpaired) electrons. The predicted molar refractivity (Wildman–Crippen MR) is 80.7 cm³/mol. The Kier molecular flexibility index (Phi) is 3.92. The quantitative estimate of drug-likeness (QED) is 0.728. The van der Waals surface area contributed by atoms with Crippen LogP contribution in [0.25, 0.3) is 0 Å². The highest BCUT2D eigenvalue weighted by atomic mass is 79.9. The Balaban J connectivity index is 2.40. The average Bonchev–Trinajstić information content (AvgIpc) is 2.30. The number of halogens is 3. The maximum atomic E-state index is 13.3. The van der Waals surface area contributed by atoms with Gasteiger partial charge in [-0.15, -0.1) is 0 Å². The lowest BCUT2D eigenvalue weighted by Gasteiger charge is -2.12. The van der Waals surface area contributed by atoms with E-state index in [4.69, 9.17) is 5.73 Å². The SMILES string of the molecule is Cc1ccc(Br)c(Nc2cc(Br)c(F)cc2N)c1. The molecule has 0 aromatic heterocycles. The molecule has 0 aliphatic carbocycles. The van der Waals surface area contributed by atoms with Gasteiger partial charge in [-0.25, -0.2) is 4.39 Å². The lowest BCUT2D eigenvalue weighted by atomic mass is 10.2. The number of rotatable bonds is 2. The van der Waals surface area contributed by atoms with E-state index in [-0.39, 0.29) is 5.82 Å². The van der Waals surface area contributed by atoms with Gasteiger partial charge in [0.25, 0.3) is 0 Å². The van der Waals surface area contributed by atoms with Gasteiger partial charge in [0.1, 0.15) is 5.82 Å². The molecule has 2 aromatic carbocycles. The van der Waals surface area contributed by atoms with Gasteiger partial charge in [0.2, 0.25) is 0 Å². The van der Waals surface area contributed by atoms with Gasteiger partial charge in [0.05, 0.1) is 21.5 Å². The van der Waals surface area contributed by atoms with E-state index in [0.29, 0.717) is 15.8 Å². The summed E-state index contributed by atoms with van der Waals surface area (Å²) in [6.45, 7) is 2.00. The van der Waals surface area contributed by atoms with Crippen molar-refractivity contribution in [2.24, 2.45) is 0 Å². The monoisotopic (exact) mass is 372 g/mol. The third-order valence-corrected chi connectivity index (χ3v) is 3.78. The molecule has 3 N–H and O–H groups in total. The molecule has 0 heterocycles. The smallest absolute Gasteiger partial charge is 0.139 e. The first-order valence-electron chi connectivity index (χ1n) is 5.25. The third kappa shape index (κ3) is 2.84. The van der Waals surface area contributed by atoms with E-state index in [9.17, 15) is 4.39 Å².